The SMILES string of the molecule is O=C(CNCC1CC1)NCC1CCCCCCC1. The van der Waals surface area contributed by atoms with Crippen LogP contribution in [0.3, 0.4) is 0 Å². The van der Waals surface area contributed by atoms with Gasteiger partial charge in [0.05, 0.1) is 6.54 Å². The Kier molecular flexibility index (Phi) is 5.98. The largest absolute Gasteiger partial charge is 0.355 e. The van der Waals surface area contributed by atoms with E-state index in [9.17, 15) is 4.79 Å². The lowest BCUT2D eigenvalue weighted by Gasteiger charge is -2.20. The highest BCUT2D eigenvalue weighted by molar-refractivity contribution is 5.77. The van der Waals surface area contributed by atoms with Crippen molar-refractivity contribution in [2.75, 3.05) is 19.6 Å². The van der Waals surface area contributed by atoms with E-state index >= 15 is 0 Å². The first kappa shape index (κ1) is 13.9. The van der Waals surface area contributed by atoms with Crippen molar-refractivity contribution in [3.8, 4) is 0 Å². The number of rotatable bonds is 6. The van der Waals surface area contributed by atoms with Gasteiger partial charge in [-0.25, -0.2) is 0 Å². The summed E-state index contributed by atoms with van der Waals surface area (Å²) in [5.41, 5.74) is 0. The molecule has 2 rings (SSSR count). The Labute approximate surface area is 111 Å². The van der Waals surface area contributed by atoms with Crippen molar-refractivity contribution in [3.63, 3.8) is 0 Å². The van der Waals surface area contributed by atoms with Gasteiger partial charge >= 0.3 is 0 Å². The van der Waals surface area contributed by atoms with Gasteiger partial charge in [-0.2, -0.15) is 0 Å². The van der Waals surface area contributed by atoms with Crippen LogP contribution in [0.25, 0.3) is 0 Å². The Morgan fingerprint density at radius 1 is 0.833 bits per heavy atom. The number of nitrogens with one attached hydrogen (secondary N) is 2. The number of hydrogen-bond acceptors (Lipinski definition) is 2. The quantitative estimate of drug-likeness (QED) is 0.762. The van der Waals surface area contributed by atoms with Gasteiger partial charge < -0.3 is 10.6 Å². The summed E-state index contributed by atoms with van der Waals surface area (Å²) in [4.78, 5) is 11.7. The zero-order valence-electron chi connectivity index (χ0n) is 11.5. The lowest BCUT2D eigenvalue weighted by molar-refractivity contribution is -0.120. The van der Waals surface area contributed by atoms with Crippen LogP contribution in [0.15, 0.2) is 0 Å². The van der Waals surface area contributed by atoms with Crippen LogP contribution in [0.4, 0.5) is 0 Å². The van der Waals surface area contributed by atoms with Crippen LogP contribution in [-0.2, 0) is 4.79 Å². The highest BCUT2D eigenvalue weighted by atomic mass is 16.1. The van der Waals surface area contributed by atoms with Gasteiger partial charge in [0.1, 0.15) is 0 Å². The molecule has 0 unspecified atom stereocenters. The van der Waals surface area contributed by atoms with Crippen molar-refractivity contribution in [3.05, 3.63) is 0 Å². The molecule has 2 N–H and O–H groups in total. The third kappa shape index (κ3) is 5.85. The predicted octanol–water partition coefficient (Wildman–Crippen LogP) is 2.46. The Balaban J connectivity index is 1.52. The summed E-state index contributed by atoms with van der Waals surface area (Å²) < 4.78 is 0. The zero-order chi connectivity index (χ0) is 12.6. The van der Waals surface area contributed by atoms with Crippen LogP contribution in [0.1, 0.15) is 57.8 Å². The minimum atomic E-state index is 0.178. The highest BCUT2D eigenvalue weighted by Crippen LogP contribution is 2.27. The molecule has 0 aliphatic heterocycles. The van der Waals surface area contributed by atoms with Crippen LogP contribution >= 0.6 is 0 Å². The molecule has 0 heterocycles. The summed E-state index contributed by atoms with van der Waals surface area (Å²) in [5, 5.41) is 6.34. The van der Waals surface area contributed by atoms with Crippen LogP contribution in [0.2, 0.25) is 0 Å². The molecule has 2 aliphatic carbocycles. The fourth-order valence-electron chi connectivity index (χ4n) is 2.78. The number of carbonyl (C=O) groups is 1. The molecular weight excluding hydrogens is 224 g/mol. The fraction of sp³-hybridized carbons (Fsp3) is 0.933. The topological polar surface area (TPSA) is 41.1 Å². The summed E-state index contributed by atoms with van der Waals surface area (Å²) >= 11 is 0. The van der Waals surface area contributed by atoms with E-state index in [0.29, 0.717) is 6.54 Å². The number of amides is 1. The van der Waals surface area contributed by atoms with E-state index in [1.807, 2.05) is 0 Å². The lowest BCUT2D eigenvalue weighted by Crippen LogP contribution is -2.37. The van der Waals surface area contributed by atoms with E-state index in [0.717, 1.165) is 24.9 Å². The summed E-state index contributed by atoms with van der Waals surface area (Å²) in [6.45, 7) is 2.42. The van der Waals surface area contributed by atoms with Crippen molar-refractivity contribution in [1.29, 1.82) is 0 Å². The van der Waals surface area contributed by atoms with Crippen molar-refractivity contribution in [2.24, 2.45) is 11.8 Å². The third-order valence-electron chi connectivity index (χ3n) is 4.23. The molecule has 3 nitrogen and oxygen atoms in total. The average molecular weight is 252 g/mol. The lowest BCUT2D eigenvalue weighted by atomic mass is 9.91. The average Bonchev–Trinajstić information content (AvgIpc) is 3.11. The maximum absolute atomic E-state index is 11.7. The molecule has 2 fully saturated rings. The molecule has 0 aromatic rings. The first-order chi connectivity index (χ1) is 8.84. The van der Waals surface area contributed by atoms with Crippen LogP contribution in [0, 0.1) is 11.8 Å². The number of carbonyl (C=O) groups excluding carboxylic acids is 1. The Morgan fingerprint density at radius 3 is 2.11 bits per heavy atom. The van der Waals surface area contributed by atoms with Gasteiger partial charge in [0, 0.05) is 6.54 Å². The van der Waals surface area contributed by atoms with E-state index in [4.69, 9.17) is 0 Å². The molecule has 0 aromatic carbocycles. The Bertz CT molecular complexity index is 243. The maximum atomic E-state index is 11.7. The molecule has 1 amide bonds. The second kappa shape index (κ2) is 7.78. The summed E-state index contributed by atoms with van der Waals surface area (Å²) in [5.74, 6) is 1.75. The molecule has 0 aromatic heterocycles. The molecule has 18 heavy (non-hydrogen) atoms. The van der Waals surface area contributed by atoms with Crippen molar-refractivity contribution in [2.45, 2.75) is 57.8 Å². The second-order valence-corrected chi connectivity index (χ2v) is 6.09. The molecule has 0 saturated heterocycles. The molecule has 0 bridgehead atoms. The van der Waals surface area contributed by atoms with Gasteiger partial charge in [-0.1, -0.05) is 32.1 Å². The van der Waals surface area contributed by atoms with Crippen LogP contribution in [0.5, 0.6) is 0 Å². The van der Waals surface area contributed by atoms with Gasteiger partial charge in [-0.3, -0.25) is 4.79 Å². The summed E-state index contributed by atoms with van der Waals surface area (Å²) in [6.07, 6.45) is 12.2. The maximum Gasteiger partial charge on any atom is 0.233 e. The molecule has 0 atom stereocenters. The first-order valence-electron chi connectivity index (χ1n) is 7.82. The smallest absolute Gasteiger partial charge is 0.233 e. The Hall–Kier alpha value is -0.570. The summed E-state index contributed by atoms with van der Waals surface area (Å²) in [6, 6.07) is 0. The van der Waals surface area contributed by atoms with Gasteiger partial charge in [0.2, 0.25) is 5.91 Å². The second-order valence-electron chi connectivity index (χ2n) is 6.09. The van der Waals surface area contributed by atoms with E-state index in [1.165, 1.54) is 57.8 Å². The fourth-order valence-corrected chi connectivity index (χ4v) is 2.78. The molecule has 2 aliphatic rings. The van der Waals surface area contributed by atoms with E-state index in [-0.39, 0.29) is 5.91 Å². The van der Waals surface area contributed by atoms with Gasteiger partial charge in [-0.05, 0) is 44.1 Å². The molecule has 0 spiro atoms. The van der Waals surface area contributed by atoms with Gasteiger partial charge in [0.25, 0.3) is 0 Å². The van der Waals surface area contributed by atoms with Gasteiger partial charge in [-0.15, -0.1) is 0 Å². The molecule has 104 valence electrons. The van der Waals surface area contributed by atoms with Crippen molar-refractivity contribution < 1.29 is 4.79 Å². The monoisotopic (exact) mass is 252 g/mol. The predicted molar refractivity (Wildman–Crippen MR) is 74.4 cm³/mol. The molecular formula is C15H28N2O. The van der Waals surface area contributed by atoms with Crippen molar-refractivity contribution in [1.82, 2.24) is 10.6 Å². The Morgan fingerprint density at radius 2 is 1.44 bits per heavy atom. The minimum absolute atomic E-state index is 0.178. The molecule has 3 heteroatoms. The highest BCUT2D eigenvalue weighted by Gasteiger charge is 2.20. The normalized spacial score (nSPS) is 22.2. The van der Waals surface area contributed by atoms with Crippen LogP contribution < -0.4 is 10.6 Å². The van der Waals surface area contributed by atoms with E-state index in [2.05, 4.69) is 10.6 Å². The van der Waals surface area contributed by atoms with E-state index in [1.54, 1.807) is 0 Å². The third-order valence-corrected chi connectivity index (χ3v) is 4.23. The summed E-state index contributed by atoms with van der Waals surface area (Å²) in [7, 11) is 0. The van der Waals surface area contributed by atoms with Crippen molar-refractivity contribution >= 4 is 5.91 Å². The van der Waals surface area contributed by atoms with Gasteiger partial charge in [0.15, 0.2) is 0 Å². The zero-order valence-corrected chi connectivity index (χ0v) is 11.5. The van der Waals surface area contributed by atoms with E-state index < -0.39 is 0 Å². The van der Waals surface area contributed by atoms with Crippen LogP contribution in [-0.4, -0.2) is 25.5 Å². The standard InChI is InChI=1S/C15H28N2O/c18-15(12-16-10-14-8-9-14)17-11-13-6-4-2-1-3-5-7-13/h13-14,16H,1-12H2,(H,17,18). The molecule has 0 radical (unpaired) electrons. The number of hydrogen-bond donors (Lipinski definition) is 2. The molecule has 2 saturated carbocycles. The first-order valence-corrected chi connectivity index (χ1v) is 7.82. The minimum Gasteiger partial charge on any atom is -0.355 e.